The Morgan fingerprint density at radius 3 is 2.23 bits per heavy atom. The van der Waals surface area contributed by atoms with Crippen LogP contribution < -0.4 is 4.74 Å². The summed E-state index contributed by atoms with van der Waals surface area (Å²) in [7, 11) is 0. The van der Waals surface area contributed by atoms with Crippen LogP contribution >= 0.6 is 11.8 Å². The van der Waals surface area contributed by atoms with Crippen molar-refractivity contribution in [3.05, 3.63) is 59.2 Å². The van der Waals surface area contributed by atoms with Crippen molar-refractivity contribution in [3.63, 3.8) is 0 Å². The van der Waals surface area contributed by atoms with E-state index < -0.39 is 11.9 Å². The SMILES string of the molecule is CC1(C)CC(C)(C)c2cc(C(=O)Oc3ccc(C(=O)O)cc3)ccc2S1. The largest absolute Gasteiger partial charge is 0.478 e. The van der Waals surface area contributed by atoms with Crippen molar-refractivity contribution in [1.82, 2.24) is 0 Å². The molecule has 1 aliphatic heterocycles. The van der Waals surface area contributed by atoms with E-state index in [4.69, 9.17) is 9.84 Å². The zero-order chi connectivity index (χ0) is 19.1. The highest BCUT2D eigenvalue weighted by molar-refractivity contribution is 8.00. The maximum Gasteiger partial charge on any atom is 0.343 e. The van der Waals surface area contributed by atoms with Gasteiger partial charge in [-0.25, -0.2) is 9.59 Å². The molecule has 0 bridgehead atoms. The molecule has 2 aromatic rings. The van der Waals surface area contributed by atoms with E-state index in [1.807, 2.05) is 23.9 Å². The van der Waals surface area contributed by atoms with Crippen LogP contribution in [0.1, 0.15) is 60.4 Å². The van der Waals surface area contributed by atoms with Gasteiger partial charge in [0.1, 0.15) is 5.75 Å². The monoisotopic (exact) mass is 370 g/mol. The summed E-state index contributed by atoms with van der Waals surface area (Å²) in [5, 5.41) is 8.92. The second-order valence-corrected chi connectivity index (χ2v) is 9.60. The Morgan fingerprint density at radius 1 is 1.00 bits per heavy atom. The van der Waals surface area contributed by atoms with E-state index in [2.05, 4.69) is 27.7 Å². The Morgan fingerprint density at radius 2 is 1.62 bits per heavy atom. The van der Waals surface area contributed by atoms with Gasteiger partial charge in [0.15, 0.2) is 0 Å². The van der Waals surface area contributed by atoms with Gasteiger partial charge in [0.25, 0.3) is 0 Å². The topological polar surface area (TPSA) is 63.6 Å². The molecule has 0 unspecified atom stereocenters. The molecule has 0 fully saturated rings. The van der Waals surface area contributed by atoms with Gasteiger partial charge in [0.2, 0.25) is 0 Å². The predicted octanol–water partition coefficient (Wildman–Crippen LogP) is 5.16. The quantitative estimate of drug-likeness (QED) is 0.597. The van der Waals surface area contributed by atoms with Crippen molar-refractivity contribution in [2.75, 3.05) is 0 Å². The third-order valence-electron chi connectivity index (χ3n) is 4.51. The first-order valence-electron chi connectivity index (χ1n) is 8.46. The van der Waals surface area contributed by atoms with E-state index in [-0.39, 0.29) is 15.7 Å². The molecule has 0 radical (unpaired) electrons. The number of fused-ring (bicyclic) bond motifs is 1. The molecule has 1 N–H and O–H groups in total. The van der Waals surface area contributed by atoms with E-state index >= 15 is 0 Å². The van der Waals surface area contributed by atoms with Crippen molar-refractivity contribution in [1.29, 1.82) is 0 Å². The number of aromatic carboxylic acids is 1. The highest BCUT2D eigenvalue weighted by atomic mass is 32.2. The second-order valence-electron chi connectivity index (χ2n) is 7.85. The van der Waals surface area contributed by atoms with E-state index in [1.165, 1.54) is 29.2 Å². The van der Waals surface area contributed by atoms with Gasteiger partial charge in [0.05, 0.1) is 11.1 Å². The predicted molar refractivity (Wildman–Crippen MR) is 102 cm³/mol. The maximum atomic E-state index is 12.5. The molecule has 136 valence electrons. The lowest BCUT2D eigenvalue weighted by Crippen LogP contribution is -2.33. The van der Waals surface area contributed by atoms with Crippen LogP contribution in [0.15, 0.2) is 47.4 Å². The summed E-state index contributed by atoms with van der Waals surface area (Å²) in [5.74, 6) is -1.13. The van der Waals surface area contributed by atoms with Gasteiger partial charge in [-0.1, -0.05) is 27.7 Å². The van der Waals surface area contributed by atoms with Crippen LogP contribution in [-0.2, 0) is 5.41 Å². The standard InChI is InChI=1S/C21H22O4S/c1-20(2)12-21(3,4)26-17-10-7-14(11-16(17)20)19(24)25-15-8-5-13(6-9-15)18(22)23/h5-11H,12H2,1-4H3,(H,22,23). The Hall–Kier alpha value is -2.27. The molecule has 3 rings (SSSR count). The van der Waals surface area contributed by atoms with E-state index in [0.717, 1.165) is 12.0 Å². The van der Waals surface area contributed by atoms with Gasteiger partial charge >= 0.3 is 11.9 Å². The third kappa shape index (κ3) is 3.78. The summed E-state index contributed by atoms with van der Waals surface area (Å²) < 4.78 is 5.55. The normalized spacial score (nSPS) is 17.2. The number of ether oxygens (including phenoxy) is 1. The number of carbonyl (C=O) groups is 2. The fourth-order valence-corrected chi connectivity index (χ4v) is 5.21. The van der Waals surface area contributed by atoms with Crippen LogP contribution in [0.5, 0.6) is 5.75 Å². The van der Waals surface area contributed by atoms with Gasteiger partial charge in [-0.05, 0) is 59.9 Å². The molecule has 5 heteroatoms. The Kier molecular flexibility index (Phi) is 4.61. The van der Waals surface area contributed by atoms with Crippen molar-refractivity contribution < 1.29 is 19.4 Å². The number of esters is 1. The van der Waals surface area contributed by atoms with Gasteiger partial charge in [-0.15, -0.1) is 11.8 Å². The average molecular weight is 370 g/mol. The lowest BCUT2D eigenvalue weighted by atomic mass is 9.76. The molecule has 2 aromatic carbocycles. The summed E-state index contributed by atoms with van der Waals surface area (Å²) in [4.78, 5) is 24.6. The van der Waals surface area contributed by atoms with Gasteiger partial charge in [0, 0.05) is 9.64 Å². The Balaban J connectivity index is 1.84. The molecular formula is C21H22O4S. The molecule has 0 aliphatic carbocycles. The molecule has 0 atom stereocenters. The number of hydrogen-bond acceptors (Lipinski definition) is 4. The molecule has 1 aliphatic rings. The minimum absolute atomic E-state index is 0.0243. The Labute approximate surface area is 157 Å². The van der Waals surface area contributed by atoms with Crippen LogP contribution in [0.25, 0.3) is 0 Å². The summed E-state index contributed by atoms with van der Waals surface area (Å²) in [6.45, 7) is 8.89. The minimum atomic E-state index is -1.01. The molecule has 1 heterocycles. The number of carboxylic acids is 1. The molecule has 0 aromatic heterocycles. The zero-order valence-corrected chi connectivity index (χ0v) is 16.1. The zero-order valence-electron chi connectivity index (χ0n) is 15.3. The van der Waals surface area contributed by atoms with Crippen molar-refractivity contribution in [2.24, 2.45) is 0 Å². The average Bonchev–Trinajstić information content (AvgIpc) is 2.53. The summed E-state index contributed by atoms with van der Waals surface area (Å²) in [5.41, 5.74) is 1.79. The fourth-order valence-electron chi connectivity index (χ4n) is 3.60. The van der Waals surface area contributed by atoms with Crippen molar-refractivity contribution in [2.45, 2.75) is 49.2 Å². The van der Waals surface area contributed by atoms with Crippen LogP contribution in [0.4, 0.5) is 0 Å². The number of hydrogen-bond donors (Lipinski definition) is 1. The summed E-state index contributed by atoms with van der Waals surface area (Å²) >= 11 is 1.84. The van der Waals surface area contributed by atoms with Crippen LogP contribution in [-0.4, -0.2) is 21.8 Å². The minimum Gasteiger partial charge on any atom is -0.478 e. The van der Waals surface area contributed by atoms with Crippen LogP contribution in [0.3, 0.4) is 0 Å². The lowest BCUT2D eigenvalue weighted by molar-refractivity contribution is 0.0696. The van der Waals surface area contributed by atoms with Crippen molar-refractivity contribution in [3.8, 4) is 5.75 Å². The molecule has 4 nitrogen and oxygen atoms in total. The smallest absolute Gasteiger partial charge is 0.343 e. The number of rotatable bonds is 3. The highest BCUT2D eigenvalue weighted by Gasteiger charge is 2.38. The van der Waals surface area contributed by atoms with Crippen LogP contribution in [0.2, 0.25) is 0 Å². The highest BCUT2D eigenvalue weighted by Crippen LogP contribution is 2.51. The van der Waals surface area contributed by atoms with E-state index in [0.29, 0.717) is 11.3 Å². The Bertz CT molecular complexity index is 866. The molecule has 0 amide bonds. The molecular weight excluding hydrogens is 348 g/mol. The number of carbonyl (C=O) groups excluding carboxylic acids is 1. The first kappa shape index (κ1) is 18.5. The fraction of sp³-hybridized carbons (Fsp3) is 0.333. The number of thioether (sulfide) groups is 1. The van der Waals surface area contributed by atoms with Gasteiger partial charge in [-0.3, -0.25) is 0 Å². The first-order valence-corrected chi connectivity index (χ1v) is 9.28. The third-order valence-corrected chi connectivity index (χ3v) is 5.78. The number of carboxylic acid groups (broad SMARTS) is 1. The maximum absolute atomic E-state index is 12.5. The van der Waals surface area contributed by atoms with Crippen molar-refractivity contribution >= 4 is 23.7 Å². The molecule has 0 saturated heterocycles. The van der Waals surface area contributed by atoms with E-state index in [1.54, 1.807) is 6.07 Å². The summed E-state index contributed by atoms with van der Waals surface area (Å²) in [6.07, 6.45) is 1.02. The van der Waals surface area contributed by atoms with Gasteiger partial charge in [-0.2, -0.15) is 0 Å². The second kappa shape index (κ2) is 6.47. The summed E-state index contributed by atoms with van der Waals surface area (Å²) in [6, 6.07) is 11.5. The first-order chi connectivity index (χ1) is 12.1. The van der Waals surface area contributed by atoms with Gasteiger partial charge < -0.3 is 9.84 Å². The molecule has 0 saturated carbocycles. The molecule has 26 heavy (non-hydrogen) atoms. The number of benzene rings is 2. The lowest BCUT2D eigenvalue weighted by Gasteiger charge is -2.41. The van der Waals surface area contributed by atoms with Crippen LogP contribution in [0, 0.1) is 0 Å². The molecule has 0 spiro atoms. The van der Waals surface area contributed by atoms with E-state index in [9.17, 15) is 9.59 Å².